The maximum Gasteiger partial charge on any atom is 0.171 e. The molecule has 0 aliphatic carbocycles. The molecule has 2 aromatic carbocycles. The van der Waals surface area contributed by atoms with Gasteiger partial charge in [0.25, 0.3) is 0 Å². The van der Waals surface area contributed by atoms with Crippen LogP contribution in [0.4, 0.5) is 5.69 Å². The van der Waals surface area contributed by atoms with E-state index in [1.165, 1.54) is 28.7 Å². The van der Waals surface area contributed by atoms with Crippen molar-refractivity contribution in [3.63, 3.8) is 0 Å². The molecule has 3 aliphatic rings. The molecule has 1 aromatic heterocycles. The van der Waals surface area contributed by atoms with Gasteiger partial charge >= 0.3 is 0 Å². The number of pyridine rings is 1. The molecule has 0 spiro atoms. The molecule has 188 valence electrons. The number of anilines is 1. The predicted molar refractivity (Wildman–Crippen MR) is 153 cm³/mol. The second kappa shape index (κ2) is 10.2. The lowest BCUT2D eigenvalue weighted by Crippen LogP contribution is -2.57. The third-order valence-electron chi connectivity index (χ3n) is 8.06. The van der Waals surface area contributed by atoms with Crippen molar-refractivity contribution in [1.29, 1.82) is 0 Å². The van der Waals surface area contributed by atoms with Gasteiger partial charge in [-0.1, -0.05) is 23.8 Å². The van der Waals surface area contributed by atoms with Crippen molar-refractivity contribution in [3.8, 4) is 5.75 Å². The van der Waals surface area contributed by atoms with Gasteiger partial charge in [0.1, 0.15) is 5.75 Å². The van der Waals surface area contributed by atoms with E-state index < -0.39 is 0 Å². The van der Waals surface area contributed by atoms with Crippen molar-refractivity contribution >= 4 is 33.9 Å². The summed E-state index contributed by atoms with van der Waals surface area (Å²) in [5, 5.41) is 9.02. The molecule has 6 rings (SSSR count). The van der Waals surface area contributed by atoms with Crippen molar-refractivity contribution < 1.29 is 4.74 Å². The fourth-order valence-electron chi connectivity index (χ4n) is 6.32. The second-order valence-corrected chi connectivity index (χ2v) is 10.8. The van der Waals surface area contributed by atoms with Gasteiger partial charge in [0.2, 0.25) is 0 Å². The van der Waals surface area contributed by atoms with E-state index in [-0.39, 0.29) is 6.04 Å². The van der Waals surface area contributed by atoms with Gasteiger partial charge in [-0.2, -0.15) is 0 Å². The Bertz CT molecular complexity index is 1280. The average Bonchev–Trinajstić information content (AvgIpc) is 2.89. The van der Waals surface area contributed by atoms with Crippen LogP contribution in [0.5, 0.6) is 5.75 Å². The van der Waals surface area contributed by atoms with E-state index in [1.54, 1.807) is 7.11 Å². The lowest BCUT2D eigenvalue weighted by Gasteiger charge is -2.52. The molecular weight excluding hydrogens is 464 g/mol. The monoisotopic (exact) mass is 500 g/mol. The number of rotatable bonds is 6. The van der Waals surface area contributed by atoms with Crippen LogP contribution in [0.2, 0.25) is 0 Å². The summed E-state index contributed by atoms with van der Waals surface area (Å²) < 4.78 is 5.57. The number of methoxy groups -OCH3 is 1. The molecule has 2 bridgehead atoms. The minimum Gasteiger partial charge on any atom is -0.497 e. The van der Waals surface area contributed by atoms with E-state index in [0.717, 1.165) is 41.9 Å². The molecule has 5 nitrogen and oxygen atoms in total. The van der Waals surface area contributed by atoms with Gasteiger partial charge < -0.3 is 15.4 Å². The van der Waals surface area contributed by atoms with Crippen molar-refractivity contribution in [3.05, 3.63) is 77.5 Å². The standard InChI is InChI=1S/C30H36N4OS/c1-6-21-17-34-12-10-22(21)15-27(34)29(24-9-11-31-26-8-7-23(35-5)16-25(24)26)33-30(36)32-28-19(3)13-18(2)14-20(28)4/h6-9,11,13-14,16,21-22,27,29H,1,10,12,15,17H2,2-5H3,(H2,32,33,36)/t21-,22-,27-,29-/m0/s1. The zero-order valence-corrected chi connectivity index (χ0v) is 22.5. The van der Waals surface area contributed by atoms with E-state index in [1.807, 2.05) is 18.3 Å². The number of ether oxygens (including phenoxy) is 1. The van der Waals surface area contributed by atoms with Crippen LogP contribution >= 0.6 is 12.2 Å². The van der Waals surface area contributed by atoms with Crippen LogP contribution in [0, 0.1) is 32.6 Å². The number of aryl methyl sites for hydroxylation is 3. The van der Waals surface area contributed by atoms with E-state index in [4.69, 9.17) is 17.0 Å². The smallest absolute Gasteiger partial charge is 0.171 e. The maximum atomic E-state index is 5.94. The van der Waals surface area contributed by atoms with Crippen LogP contribution in [-0.4, -0.2) is 41.2 Å². The normalized spacial score (nSPS) is 23.8. The van der Waals surface area contributed by atoms with Crippen molar-refractivity contribution in [2.24, 2.45) is 11.8 Å². The third-order valence-corrected chi connectivity index (χ3v) is 8.28. The molecule has 6 heteroatoms. The number of nitrogens with zero attached hydrogens (tertiary/aromatic N) is 2. The van der Waals surface area contributed by atoms with E-state index in [2.05, 4.69) is 78.2 Å². The first-order valence-corrected chi connectivity index (χ1v) is 13.2. The number of thiocarbonyl (C=S) groups is 1. The van der Waals surface area contributed by atoms with E-state index in [0.29, 0.717) is 23.0 Å². The highest BCUT2D eigenvalue weighted by Crippen LogP contribution is 2.42. The Morgan fingerprint density at radius 3 is 2.64 bits per heavy atom. The molecule has 36 heavy (non-hydrogen) atoms. The summed E-state index contributed by atoms with van der Waals surface area (Å²) in [6.07, 6.45) is 6.41. The molecule has 5 atom stereocenters. The fraction of sp³-hybridized carbons (Fsp3) is 0.400. The molecule has 0 saturated carbocycles. The summed E-state index contributed by atoms with van der Waals surface area (Å²) in [7, 11) is 1.71. The summed E-state index contributed by atoms with van der Waals surface area (Å²) in [6, 6.07) is 13.0. The molecule has 3 aromatic rings. The Labute approximate surface area is 219 Å². The number of hydrogen-bond acceptors (Lipinski definition) is 4. The van der Waals surface area contributed by atoms with Crippen LogP contribution in [0.1, 0.15) is 41.1 Å². The largest absolute Gasteiger partial charge is 0.497 e. The number of nitrogens with one attached hydrogen (secondary N) is 2. The van der Waals surface area contributed by atoms with Crippen LogP contribution in [0.25, 0.3) is 10.9 Å². The Kier molecular flexibility index (Phi) is 7.00. The summed E-state index contributed by atoms with van der Waals surface area (Å²) >= 11 is 5.94. The molecule has 3 aliphatic heterocycles. The van der Waals surface area contributed by atoms with Gasteiger partial charge in [-0.15, -0.1) is 6.58 Å². The van der Waals surface area contributed by atoms with E-state index >= 15 is 0 Å². The Morgan fingerprint density at radius 1 is 1.19 bits per heavy atom. The fourth-order valence-corrected chi connectivity index (χ4v) is 6.55. The molecule has 0 amide bonds. The zero-order valence-electron chi connectivity index (χ0n) is 21.7. The quantitative estimate of drug-likeness (QED) is 0.315. The number of hydrogen-bond donors (Lipinski definition) is 2. The first-order chi connectivity index (χ1) is 17.4. The van der Waals surface area contributed by atoms with Gasteiger partial charge in [-0.3, -0.25) is 9.88 Å². The Hall–Kier alpha value is -2.96. The molecule has 3 fully saturated rings. The van der Waals surface area contributed by atoms with Crippen LogP contribution in [0.15, 0.2) is 55.3 Å². The number of benzene rings is 2. The maximum absolute atomic E-state index is 5.94. The molecule has 4 heterocycles. The van der Waals surface area contributed by atoms with Crippen molar-refractivity contribution in [1.82, 2.24) is 15.2 Å². The summed E-state index contributed by atoms with van der Waals surface area (Å²) in [4.78, 5) is 7.26. The number of piperidine rings is 3. The van der Waals surface area contributed by atoms with Gasteiger partial charge in [-0.05, 0) is 105 Å². The first-order valence-electron chi connectivity index (χ1n) is 12.8. The highest BCUT2D eigenvalue weighted by atomic mass is 32.1. The Balaban J connectivity index is 1.52. The van der Waals surface area contributed by atoms with Crippen molar-refractivity contribution in [2.45, 2.75) is 45.7 Å². The lowest BCUT2D eigenvalue weighted by atomic mass is 9.73. The SMILES string of the molecule is C=C[C@H]1CN2CC[C@H]1C[C@H]2[C@@H](NC(=S)Nc1c(C)cc(C)cc1C)c1ccnc2ccc(OC)cc12. The highest BCUT2D eigenvalue weighted by molar-refractivity contribution is 7.80. The molecule has 1 unspecified atom stereocenters. The van der Waals surface area contributed by atoms with E-state index in [9.17, 15) is 0 Å². The zero-order chi connectivity index (χ0) is 25.4. The topological polar surface area (TPSA) is 49.4 Å². The van der Waals surface area contributed by atoms with Gasteiger partial charge in [-0.25, -0.2) is 0 Å². The lowest BCUT2D eigenvalue weighted by molar-refractivity contribution is 0.00443. The summed E-state index contributed by atoms with van der Waals surface area (Å²) in [5.74, 6) is 2.06. The minimum absolute atomic E-state index is 0.0160. The van der Waals surface area contributed by atoms with Crippen LogP contribution < -0.4 is 15.4 Å². The van der Waals surface area contributed by atoms with Crippen LogP contribution in [-0.2, 0) is 0 Å². The number of aromatic nitrogens is 1. The third kappa shape index (κ3) is 4.72. The average molecular weight is 501 g/mol. The molecule has 0 radical (unpaired) electrons. The molecule has 3 saturated heterocycles. The second-order valence-electron chi connectivity index (χ2n) is 10.4. The first kappa shape index (κ1) is 24.7. The highest BCUT2D eigenvalue weighted by Gasteiger charge is 2.43. The minimum atomic E-state index is 0.0160. The van der Waals surface area contributed by atoms with Crippen molar-refractivity contribution in [2.75, 3.05) is 25.5 Å². The summed E-state index contributed by atoms with van der Waals surface area (Å²) in [5.41, 5.74) is 6.89. The van der Waals surface area contributed by atoms with Gasteiger partial charge in [0, 0.05) is 29.9 Å². The Morgan fingerprint density at radius 2 is 1.97 bits per heavy atom. The molecule has 2 N–H and O–H groups in total. The predicted octanol–water partition coefficient (Wildman–Crippen LogP) is 6.09. The molecular formula is C30H36N4OS. The van der Waals surface area contributed by atoms with Crippen LogP contribution in [0.3, 0.4) is 0 Å². The summed E-state index contributed by atoms with van der Waals surface area (Å²) in [6.45, 7) is 12.7. The van der Waals surface area contributed by atoms with Gasteiger partial charge in [0.15, 0.2) is 5.11 Å². The van der Waals surface area contributed by atoms with Gasteiger partial charge in [0.05, 0.1) is 18.7 Å². The number of fused-ring (bicyclic) bond motifs is 4.